The Morgan fingerprint density at radius 2 is 2.47 bits per heavy atom. The van der Waals surface area contributed by atoms with Crippen LogP contribution in [0.4, 0.5) is 0 Å². The van der Waals surface area contributed by atoms with E-state index in [0.29, 0.717) is 19.8 Å². The predicted octanol–water partition coefficient (Wildman–Crippen LogP) is 1.51. The van der Waals surface area contributed by atoms with Gasteiger partial charge in [-0.05, 0) is 30.9 Å². The molecule has 2 rings (SSSR count). The van der Waals surface area contributed by atoms with Crippen molar-refractivity contribution >= 4 is 28.8 Å². The summed E-state index contributed by atoms with van der Waals surface area (Å²) in [5.41, 5.74) is 0. The molecule has 0 radical (unpaired) electrons. The number of ether oxygens (including phenoxy) is 2. The standard InChI is InChI=1S/C11H16ClN3O3S/c12-11-15-14-10(19-11)9(16)13-4-2-5-17-7-8-3-1-6-18-8/h8H,1-7H2,(H,13,16). The second kappa shape index (κ2) is 7.74. The molecule has 1 fully saturated rings. The molecule has 0 aliphatic carbocycles. The zero-order valence-corrected chi connectivity index (χ0v) is 12.0. The summed E-state index contributed by atoms with van der Waals surface area (Å²) in [5, 5.41) is 10.3. The molecule has 0 spiro atoms. The molecule has 1 aromatic heterocycles. The van der Waals surface area contributed by atoms with Crippen LogP contribution in [0, 0.1) is 0 Å². The minimum atomic E-state index is -0.247. The number of aromatic nitrogens is 2. The van der Waals surface area contributed by atoms with Crippen molar-refractivity contribution in [3.8, 4) is 0 Å². The topological polar surface area (TPSA) is 73.3 Å². The largest absolute Gasteiger partial charge is 0.379 e. The second-order valence-corrected chi connectivity index (χ2v) is 5.74. The van der Waals surface area contributed by atoms with Crippen LogP contribution in [0.2, 0.25) is 4.47 Å². The number of rotatable bonds is 7. The zero-order valence-electron chi connectivity index (χ0n) is 10.4. The fourth-order valence-corrected chi connectivity index (χ4v) is 2.48. The maximum Gasteiger partial charge on any atom is 0.282 e. The lowest BCUT2D eigenvalue weighted by Gasteiger charge is -2.09. The summed E-state index contributed by atoms with van der Waals surface area (Å²) in [6.45, 7) is 2.63. The van der Waals surface area contributed by atoms with Crippen molar-refractivity contribution in [2.75, 3.05) is 26.4 Å². The Morgan fingerprint density at radius 1 is 1.58 bits per heavy atom. The number of hydrogen-bond acceptors (Lipinski definition) is 6. The van der Waals surface area contributed by atoms with Crippen molar-refractivity contribution in [1.82, 2.24) is 15.5 Å². The molecule has 19 heavy (non-hydrogen) atoms. The molecule has 2 heterocycles. The van der Waals surface area contributed by atoms with Crippen LogP contribution in [0.25, 0.3) is 0 Å². The van der Waals surface area contributed by atoms with Gasteiger partial charge in [0.15, 0.2) is 0 Å². The number of amides is 1. The van der Waals surface area contributed by atoms with Gasteiger partial charge in [-0.15, -0.1) is 10.2 Å². The first-order chi connectivity index (χ1) is 9.25. The van der Waals surface area contributed by atoms with Crippen molar-refractivity contribution in [2.45, 2.75) is 25.4 Å². The van der Waals surface area contributed by atoms with E-state index in [9.17, 15) is 4.79 Å². The van der Waals surface area contributed by atoms with Crippen LogP contribution in [0.3, 0.4) is 0 Å². The first kappa shape index (κ1) is 14.6. The lowest BCUT2D eigenvalue weighted by Crippen LogP contribution is -2.25. The Bertz CT molecular complexity index is 410. The molecule has 1 unspecified atom stereocenters. The summed E-state index contributed by atoms with van der Waals surface area (Å²) in [4.78, 5) is 11.6. The minimum absolute atomic E-state index is 0.247. The van der Waals surface area contributed by atoms with Gasteiger partial charge in [-0.1, -0.05) is 11.3 Å². The fraction of sp³-hybridized carbons (Fsp3) is 0.727. The third-order valence-corrected chi connectivity index (χ3v) is 3.69. The fourth-order valence-electron chi connectivity index (χ4n) is 1.74. The molecule has 1 aliphatic heterocycles. The number of carbonyl (C=O) groups is 1. The number of nitrogens with one attached hydrogen (secondary N) is 1. The molecular formula is C11H16ClN3O3S. The first-order valence-electron chi connectivity index (χ1n) is 6.22. The third kappa shape index (κ3) is 5.02. The molecular weight excluding hydrogens is 290 g/mol. The molecule has 1 saturated heterocycles. The molecule has 8 heteroatoms. The molecule has 1 aromatic rings. The number of hydrogen-bond donors (Lipinski definition) is 1. The van der Waals surface area contributed by atoms with Gasteiger partial charge < -0.3 is 14.8 Å². The van der Waals surface area contributed by atoms with E-state index in [1.807, 2.05) is 0 Å². The van der Waals surface area contributed by atoms with Gasteiger partial charge in [-0.3, -0.25) is 4.79 Å². The van der Waals surface area contributed by atoms with Gasteiger partial charge in [0.1, 0.15) is 0 Å². The maximum absolute atomic E-state index is 11.6. The number of nitrogens with zero attached hydrogens (tertiary/aromatic N) is 2. The summed E-state index contributed by atoms with van der Waals surface area (Å²) < 4.78 is 11.2. The van der Waals surface area contributed by atoms with E-state index < -0.39 is 0 Å². The molecule has 1 aliphatic rings. The number of halogens is 1. The third-order valence-electron chi connectivity index (χ3n) is 2.67. The lowest BCUT2D eigenvalue weighted by atomic mass is 10.2. The summed E-state index contributed by atoms with van der Waals surface area (Å²) in [6, 6.07) is 0. The van der Waals surface area contributed by atoms with Gasteiger partial charge in [0.25, 0.3) is 5.91 Å². The van der Waals surface area contributed by atoms with Gasteiger partial charge in [-0.25, -0.2) is 0 Å². The summed E-state index contributed by atoms with van der Waals surface area (Å²) in [7, 11) is 0. The van der Waals surface area contributed by atoms with Crippen LogP contribution in [0.15, 0.2) is 0 Å². The average Bonchev–Trinajstić information content (AvgIpc) is 3.04. The van der Waals surface area contributed by atoms with Gasteiger partial charge >= 0.3 is 0 Å². The molecule has 0 bridgehead atoms. The predicted molar refractivity (Wildman–Crippen MR) is 71.7 cm³/mol. The average molecular weight is 306 g/mol. The summed E-state index contributed by atoms with van der Waals surface area (Å²) in [6.07, 6.45) is 3.20. The molecule has 1 atom stereocenters. The van der Waals surface area contributed by atoms with E-state index in [-0.39, 0.29) is 21.5 Å². The van der Waals surface area contributed by atoms with Gasteiger partial charge in [0, 0.05) is 19.8 Å². The van der Waals surface area contributed by atoms with E-state index >= 15 is 0 Å². The van der Waals surface area contributed by atoms with Crippen molar-refractivity contribution < 1.29 is 14.3 Å². The van der Waals surface area contributed by atoms with E-state index in [4.69, 9.17) is 21.1 Å². The highest BCUT2D eigenvalue weighted by Gasteiger charge is 2.15. The molecule has 0 saturated carbocycles. The van der Waals surface area contributed by atoms with Gasteiger partial charge in [-0.2, -0.15) is 0 Å². The monoisotopic (exact) mass is 305 g/mol. The van der Waals surface area contributed by atoms with Crippen molar-refractivity contribution in [3.63, 3.8) is 0 Å². The molecule has 0 aromatic carbocycles. The normalized spacial score (nSPS) is 18.7. The molecule has 1 N–H and O–H groups in total. The van der Waals surface area contributed by atoms with Crippen molar-refractivity contribution in [3.05, 3.63) is 9.47 Å². The van der Waals surface area contributed by atoms with Crippen molar-refractivity contribution in [2.24, 2.45) is 0 Å². The molecule has 1 amide bonds. The minimum Gasteiger partial charge on any atom is -0.379 e. The molecule has 6 nitrogen and oxygen atoms in total. The van der Waals surface area contributed by atoms with Gasteiger partial charge in [0.2, 0.25) is 9.47 Å². The SMILES string of the molecule is O=C(NCCCOCC1CCCO1)c1nnc(Cl)s1. The first-order valence-corrected chi connectivity index (χ1v) is 7.41. The van der Waals surface area contributed by atoms with Crippen LogP contribution in [-0.4, -0.2) is 48.6 Å². The van der Waals surface area contributed by atoms with E-state index in [1.165, 1.54) is 0 Å². The van der Waals surface area contributed by atoms with Crippen LogP contribution in [-0.2, 0) is 9.47 Å². The smallest absolute Gasteiger partial charge is 0.282 e. The van der Waals surface area contributed by atoms with Crippen LogP contribution in [0.5, 0.6) is 0 Å². The van der Waals surface area contributed by atoms with Crippen LogP contribution < -0.4 is 5.32 Å². The van der Waals surface area contributed by atoms with Crippen LogP contribution >= 0.6 is 22.9 Å². The summed E-state index contributed by atoms with van der Waals surface area (Å²) in [5.74, 6) is -0.247. The summed E-state index contributed by atoms with van der Waals surface area (Å²) >= 11 is 6.67. The Morgan fingerprint density at radius 3 is 3.16 bits per heavy atom. The highest BCUT2D eigenvalue weighted by molar-refractivity contribution is 7.17. The Balaban J connectivity index is 1.50. The lowest BCUT2D eigenvalue weighted by molar-refractivity contribution is 0.0166. The Labute approximate surface area is 120 Å². The maximum atomic E-state index is 11.6. The Hall–Kier alpha value is -0.760. The number of carbonyl (C=O) groups excluding carboxylic acids is 1. The van der Waals surface area contributed by atoms with E-state index in [2.05, 4.69) is 15.5 Å². The highest BCUT2D eigenvalue weighted by atomic mass is 35.5. The second-order valence-electron chi connectivity index (χ2n) is 4.18. The van der Waals surface area contributed by atoms with Crippen LogP contribution in [0.1, 0.15) is 29.1 Å². The highest BCUT2D eigenvalue weighted by Crippen LogP contribution is 2.14. The quantitative estimate of drug-likeness (QED) is 0.773. The van der Waals surface area contributed by atoms with E-state index in [0.717, 1.165) is 37.2 Å². The Kier molecular flexibility index (Phi) is 5.96. The molecule has 106 valence electrons. The van der Waals surface area contributed by atoms with E-state index in [1.54, 1.807) is 0 Å². The van der Waals surface area contributed by atoms with Crippen molar-refractivity contribution in [1.29, 1.82) is 0 Å². The zero-order chi connectivity index (χ0) is 13.5. The van der Waals surface area contributed by atoms with Gasteiger partial charge in [0.05, 0.1) is 12.7 Å².